The lowest BCUT2D eigenvalue weighted by Crippen LogP contribution is -2.07. The Kier molecular flexibility index (Phi) is 4.18. The first-order chi connectivity index (χ1) is 6.79. The van der Waals surface area contributed by atoms with Crippen LogP contribution >= 0.6 is 0 Å². The number of hydrogen-bond acceptors (Lipinski definition) is 3. The van der Waals surface area contributed by atoms with Gasteiger partial charge >= 0.3 is 0 Å². The van der Waals surface area contributed by atoms with Crippen molar-refractivity contribution in [2.75, 3.05) is 12.9 Å². The second kappa shape index (κ2) is 4.83. The molecule has 1 atom stereocenters. The van der Waals surface area contributed by atoms with Crippen LogP contribution in [-0.2, 0) is 14.3 Å². The van der Waals surface area contributed by atoms with Crippen molar-refractivity contribution in [2.45, 2.75) is 46.0 Å². The molecule has 3 nitrogen and oxygen atoms in total. The van der Waals surface area contributed by atoms with Crippen molar-refractivity contribution in [1.29, 1.82) is 0 Å². The average Bonchev–Trinajstić information content (AvgIpc) is 2.38. The molecular formula is C11H22O3S. The minimum Gasteiger partial charge on any atom is -0.270 e. The van der Waals surface area contributed by atoms with Crippen molar-refractivity contribution in [1.82, 2.24) is 0 Å². The lowest BCUT2D eigenvalue weighted by atomic mass is 9.89. The predicted molar refractivity (Wildman–Crippen MR) is 61.2 cm³/mol. The largest absolute Gasteiger partial charge is 0.270 e. The molecule has 0 aromatic carbocycles. The SMILES string of the molecule is CC1(C)CCC(CCCOS(C)(=O)=O)C1. The third-order valence-electron chi connectivity index (χ3n) is 3.12. The van der Waals surface area contributed by atoms with Gasteiger partial charge in [0.15, 0.2) is 0 Å². The first kappa shape index (κ1) is 13.0. The van der Waals surface area contributed by atoms with Gasteiger partial charge in [0, 0.05) is 0 Å². The molecule has 4 heteroatoms. The molecule has 1 aliphatic rings. The zero-order valence-electron chi connectivity index (χ0n) is 9.95. The second-order valence-electron chi connectivity index (χ2n) is 5.44. The smallest absolute Gasteiger partial charge is 0.264 e. The maximum atomic E-state index is 10.7. The monoisotopic (exact) mass is 234 g/mol. The molecule has 1 aliphatic carbocycles. The summed E-state index contributed by atoms with van der Waals surface area (Å²) in [6.45, 7) is 4.95. The fraction of sp³-hybridized carbons (Fsp3) is 1.00. The summed E-state index contributed by atoms with van der Waals surface area (Å²) in [5.41, 5.74) is 0.488. The quantitative estimate of drug-likeness (QED) is 0.542. The maximum absolute atomic E-state index is 10.7. The topological polar surface area (TPSA) is 43.4 Å². The number of hydrogen-bond donors (Lipinski definition) is 0. The van der Waals surface area contributed by atoms with Gasteiger partial charge in [-0.2, -0.15) is 8.42 Å². The van der Waals surface area contributed by atoms with Crippen molar-refractivity contribution < 1.29 is 12.6 Å². The van der Waals surface area contributed by atoms with Crippen LogP contribution in [0.25, 0.3) is 0 Å². The van der Waals surface area contributed by atoms with Gasteiger partial charge in [-0.1, -0.05) is 13.8 Å². The summed E-state index contributed by atoms with van der Waals surface area (Å²) in [4.78, 5) is 0. The molecular weight excluding hydrogens is 212 g/mol. The lowest BCUT2D eigenvalue weighted by Gasteiger charge is -2.16. The van der Waals surface area contributed by atoms with E-state index in [1.165, 1.54) is 19.3 Å². The normalized spacial score (nSPS) is 25.7. The second-order valence-corrected chi connectivity index (χ2v) is 7.09. The van der Waals surface area contributed by atoms with E-state index in [9.17, 15) is 8.42 Å². The molecule has 0 spiro atoms. The minimum absolute atomic E-state index is 0.343. The molecule has 1 unspecified atom stereocenters. The van der Waals surface area contributed by atoms with E-state index >= 15 is 0 Å². The van der Waals surface area contributed by atoms with Crippen LogP contribution in [0.3, 0.4) is 0 Å². The Morgan fingerprint density at radius 2 is 2.07 bits per heavy atom. The molecule has 0 amide bonds. The first-order valence-corrected chi connectivity index (χ1v) is 7.45. The highest BCUT2D eigenvalue weighted by Gasteiger charge is 2.30. The minimum atomic E-state index is -3.24. The van der Waals surface area contributed by atoms with E-state index in [1.54, 1.807) is 0 Å². The van der Waals surface area contributed by atoms with Crippen LogP contribution in [-0.4, -0.2) is 21.3 Å². The van der Waals surface area contributed by atoms with Crippen molar-refractivity contribution >= 4 is 10.1 Å². The van der Waals surface area contributed by atoms with Crippen molar-refractivity contribution in [2.24, 2.45) is 11.3 Å². The van der Waals surface area contributed by atoms with Gasteiger partial charge in [-0.25, -0.2) is 0 Å². The van der Waals surface area contributed by atoms with Gasteiger partial charge in [0.2, 0.25) is 0 Å². The highest BCUT2D eigenvalue weighted by Crippen LogP contribution is 2.42. The molecule has 1 fully saturated rings. The van der Waals surface area contributed by atoms with Crippen LogP contribution in [0.5, 0.6) is 0 Å². The molecule has 0 saturated heterocycles. The van der Waals surface area contributed by atoms with E-state index in [4.69, 9.17) is 4.18 Å². The predicted octanol–water partition coefficient (Wildman–Crippen LogP) is 2.57. The molecule has 0 N–H and O–H groups in total. The van der Waals surface area contributed by atoms with E-state index in [0.717, 1.165) is 25.0 Å². The Morgan fingerprint density at radius 1 is 1.40 bits per heavy atom. The summed E-state index contributed by atoms with van der Waals surface area (Å²) in [7, 11) is -3.24. The Hall–Kier alpha value is -0.0900. The Bertz CT molecular complexity index is 293. The van der Waals surface area contributed by atoms with Crippen LogP contribution in [0, 0.1) is 11.3 Å². The zero-order chi connectivity index (χ0) is 11.5. The van der Waals surface area contributed by atoms with Gasteiger partial charge in [0.05, 0.1) is 12.9 Å². The first-order valence-electron chi connectivity index (χ1n) is 5.63. The molecule has 90 valence electrons. The molecule has 0 radical (unpaired) electrons. The van der Waals surface area contributed by atoms with Gasteiger partial charge in [-0.15, -0.1) is 0 Å². The highest BCUT2D eigenvalue weighted by atomic mass is 32.2. The van der Waals surface area contributed by atoms with Crippen molar-refractivity contribution in [3.63, 3.8) is 0 Å². The molecule has 0 aromatic heterocycles. The molecule has 1 rings (SSSR count). The van der Waals surface area contributed by atoms with E-state index < -0.39 is 10.1 Å². The summed E-state index contributed by atoms with van der Waals surface area (Å²) >= 11 is 0. The molecule has 15 heavy (non-hydrogen) atoms. The lowest BCUT2D eigenvalue weighted by molar-refractivity contribution is 0.290. The third-order valence-corrected chi connectivity index (χ3v) is 3.72. The summed E-state index contributed by atoms with van der Waals surface area (Å²) in [5.74, 6) is 0.767. The van der Waals surface area contributed by atoms with Gasteiger partial charge in [-0.05, 0) is 43.4 Å². The Morgan fingerprint density at radius 3 is 2.53 bits per heavy atom. The van der Waals surface area contributed by atoms with E-state index in [0.29, 0.717) is 12.0 Å². The van der Waals surface area contributed by atoms with E-state index in [2.05, 4.69) is 13.8 Å². The standard InChI is InChI=1S/C11H22O3S/c1-11(2)7-6-10(9-11)5-4-8-14-15(3,12)13/h10H,4-9H2,1-3H3. The summed E-state index contributed by atoms with van der Waals surface area (Å²) in [5, 5.41) is 0. The molecule has 0 heterocycles. The van der Waals surface area contributed by atoms with Gasteiger partial charge in [-0.3, -0.25) is 4.18 Å². The van der Waals surface area contributed by atoms with Crippen LogP contribution in [0.15, 0.2) is 0 Å². The molecule has 1 saturated carbocycles. The van der Waals surface area contributed by atoms with Gasteiger partial charge < -0.3 is 0 Å². The van der Waals surface area contributed by atoms with E-state index in [-0.39, 0.29) is 0 Å². The Labute approximate surface area is 93.3 Å². The molecule has 0 aromatic rings. The highest BCUT2D eigenvalue weighted by molar-refractivity contribution is 7.85. The number of rotatable bonds is 5. The van der Waals surface area contributed by atoms with E-state index in [1.807, 2.05) is 0 Å². The fourth-order valence-corrected chi connectivity index (χ4v) is 2.83. The van der Waals surface area contributed by atoms with Gasteiger partial charge in [0.25, 0.3) is 10.1 Å². The zero-order valence-corrected chi connectivity index (χ0v) is 10.8. The van der Waals surface area contributed by atoms with Gasteiger partial charge in [0.1, 0.15) is 0 Å². The van der Waals surface area contributed by atoms with Crippen molar-refractivity contribution in [3.05, 3.63) is 0 Å². The van der Waals surface area contributed by atoms with Crippen LogP contribution in [0.2, 0.25) is 0 Å². The third kappa shape index (κ3) is 5.52. The average molecular weight is 234 g/mol. The van der Waals surface area contributed by atoms with Crippen LogP contribution < -0.4 is 0 Å². The Balaban J connectivity index is 2.12. The summed E-state index contributed by atoms with van der Waals surface area (Å²) < 4.78 is 26.1. The summed E-state index contributed by atoms with van der Waals surface area (Å²) in [6.07, 6.45) is 6.90. The molecule has 0 bridgehead atoms. The maximum Gasteiger partial charge on any atom is 0.264 e. The molecule has 0 aliphatic heterocycles. The van der Waals surface area contributed by atoms with Crippen molar-refractivity contribution in [3.8, 4) is 0 Å². The fourth-order valence-electron chi connectivity index (χ4n) is 2.41. The van der Waals surface area contributed by atoms with Crippen LogP contribution in [0.1, 0.15) is 46.0 Å². The van der Waals surface area contributed by atoms with Crippen LogP contribution in [0.4, 0.5) is 0 Å². The summed E-state index contributed by atoms with van der Waals surface area (Å²) in [6, 6.07) is 0.